The van der Waals surface area contributed by atoms with E-state index in [1.54, 1.807) is 32.1 Å². The standard InChI is InChI=1S/C37H45N3O12/c1-35(2)19-47-33(45)31(35)49-26(43)12-7-20-5-3-4-6-21(20)18-40-29-32(44)48-24-17-36(29,34(46)39-14-13-25(42)38-15-16-41)30(52-40)28-27(24)50-37(51-28,22-8-9-22)23-10-11-23/h3-7,12,22-24,27-31,41H,8-11,13-19H2,1-2H3,(H,38,42)(H,39,46)/t24-,27-,28-,29-,30+,31-,36-/m0/s1. The average molecular weight is 724 g/mol. The summed E-state index contributed by atoms with van der Waals surface area (Å²) in [7, 11) is 0. The smallest absolute Gasteiger partial charge is 0.348 e. The maximum Gasteiger partial charge on any atom is 0.348 e. The Morgan fingerprint density at radius 2 is 1.73 bits per heavy atom. The maximum atomic E-state index is 14.4. The van der Waals surface area contributed by atoms with Gasteiger partial charge in [-0.25, -0.2) is 9.59 Å². The van der Waals surface area contributed by atoms with Crippen LogP contribution in [0.3, 0.4) is 0 Å². The summed E-state index contributed by atoms with van der Waals surface area (Å²) in [6.07, 6.45) is 2.91. The molecule has 1 aromatic rings. The van der Waals surface area contributed by atoms with Crippen LogP contribution in [0.15, 0.2) is 30.3 Å². The quantitative estimate of drug-likeness (QED) is 0.148. The Balaban J connectivity index is 1.06. The Bertz CT molecular complexity index is 1660. The normalized spacial score (nSPS) is 34.1. The zero-order chi connectivity index (χ0) is 36.4. The Kier molecular flexibility index (Phi) is 8.92. The number of hydrogen-bond donors (Lipinski definition) is 3. The number of amides is 2. The van der Waals surface area contributed by atoms with E-state index in [0.717, 1.165) is 25.7 Å². The lowest BCUT2D eigenvalue weighted by atomic mass is 9.62. The summed E-state index contributed by atoms with van der Waals surface area (Å²) in [6, 6.07) is 6.08. The third-order valence-corrected chi connectivity index (χ3v) is 11.5. The minimum Gasteiger partial charge on any atom is -0.462 e. The third kappa shape index (κ3) is 5.99. The second-order valence-corrected chi connectivity index (χ2v) is 15.7. The fourth-order valence-corrected chi connectivity index (χ4v) is 8.66. The Hall–Kier alpha value is -3.89. The zero-order valence-electron chi connectivity index (χ0n) is 29.2. The molecule has 4 saturated heterocycles. The van der Waals surface area contributed by atoms with Gasteiger partial charge in [0.2, 0.25) is 17.9 Å². The predicted octanol–water partition coefficient (Wildman–Crippen LogP) is 0.910. The third-order valence-electron chi connectivity index (χ3n) is 11.5. The van der Waals surface area contributed by atoms with Gasteiger partial charge in [0.05, 0.1) is 13.2 Å². The van der Waals surface area contributed by atoms with E-state index in [4.69, 9.17) is 33.6 Å². The first kappa shape index (κ1) is 35.2. The van der Waals surface area contributed by atoms with E-state index in [1.165, 1.54) is 11.1 Å². The Morgan fingerprint density at radius 1 is 1.00 bits per heavy atom. The first-order valence-corrected chi connectivity index (χ1v) is 18.3. The molecule has 0 spiro atoms. The number of benzene rings is 1. The van der Waals surface area contributed by atoms with Crippen LogP contribution in [-0.4, -0.2) is 109 Å². The molecule has 52 heavy (non-hydrogen) atoms. The number of esters is 3. The number of aliphatic hydroxyl groups excluding tert-OH is 1. The molecule has 0 unspecified atom stereocenters. The predicted molar refractivity (Wildman–Crippen MR) is 177 cm³/mol. The van der Waals surface area contributed by atoms with Crippen molar-refractivity contribution in [1.29, 1.82) is 0 Å². The summed E-state index contributed by atoms with van der Waals surface area (Å²) >= 11 is 0. The molecule has 3 aliphatic carbocycles. The summed E-state index contributed by atoms with van der Waals surface area (Å²) in [5.74, 6) is -3.03. The molecule has 8 rings (SSSR count). The number of cyclic esters (lactones) is 1. The lowest BCUT2D eigenvalue weighted by Crippen LogP contribution is -2.69. The summed E-state index contributed by atoms with van der Waals surface area (Å²) in [5, 5.41) is 16.0. The molecule has 3 saturated carbocycles. The highest BCUT2D eigenvalue weighted by atomic mass is 16.8. The fourth-order valence-electron chi connectivity index (χ4n) is 8.66. The van der Waals surface area contributed by atoms with Crippen LogP contribution in [0.5, 0.6) is 0 Å². The summed E-state index contributed by atoms with van der Waals surface area (Å²) in [4.78, 5) is 72.4. The van der Waals surface area contributed by atoms with E-state index in [9.17, 15) is 24.0 Å². The lowest BCUT2D eigenvalue weighted by Gasteiger charge is -2.48. The van der Waals surface area contributed by atoms with Crippen molar-refractivity contribution in [3.8, 4) is 0 Å². The summed E-state index contributed by atoms with van der Waals surface area (Å²) in [5.41, 5.74) is -0.760. The highest BCUT2D eigenvalue weighted by Crippen LogP contribution is 2.63. The van der Waals surface area contributed by atoms with Gasteiger partial charge in [0.1, 0.15) is 36.4 Å². The topological polar surface area (TPSA) is 188 Å². The van der Waals surface area contributed by atoms with E-state index in [1.807, 2.05) is 12.1 Å². The van der Waals surface area contributed by atoms with Crippen LogP contribution >= 0.6 is 0 Å². The molecule has 2 amide bonds. The Labute approximate surface area is 300 Å². The molecule has 4 aliphatic heterocycles. The minimum atomic E-state index is -1.41. The van der Waals surface area contributed by atoms with Gasteiger partial charge in [0, 0.05) is 49.3 Å². The second kappa shape index (κ2) is 13.2. The highest BCUT2D eigenvalue weighted by Gasteiger charge is 2.78. The zero-order valence-corrected chi connectivity index (χ0v) is 29.2. The van der Waals surface area contributed by atoms with Crippen molar-refractivity contribution in [2.75, 3.05) is 26.3 Å². The van der Waals surface area contributed by atoms with Crippen molar-refractivity contribution in [2.45, 2.75) is 101 Å². The summed E-state index contributed by atoms with van der Waals surface area (Å²) in [6.45, 7) is 3.68. The number of hydrogen-bond acceptors (Lipinski definition) is 13. The van der Waals surface area contributed by atoms with Gasteiger partial charge in [-0.05, 0) is 42.9 Å². The van der Waals surface area contributed by atoms with Gasteiger partial charge in [-0.15, -0.1) is 0 Å². The molecule has 280 valence electrons. The van der Waals surface area contributed by atoms with Crippen LogP contribution in [0.4, 0.5) is 0 Å². The van der Waals surface area contributed by atoms with Crippen molar-refractivity contribution in [2.24, 2.45) is 22.7 Å². The molecule has 2 bridgehead atoms. The van der Waals surface area contributed by atoms with Crippen LogP contribution in [0.2, 0.25) is 0 Å². The lowest BCUT2D eigenvalue weighted by molar-refractivity contribution is -0.235. The largest absolute Gasteiger partial charge is 0.462 e. The first-order valence-electron chi connectivity index (χ1n) is 18.3. The van der Waals surface area contributed by atoms with Crippen molar-refractivity contribution < 1.29 is 57.6 Å². The van der Waals surface area contributed by atoms with Crippen molar-refractivity contribution >= 4 is 35.8 Å². The van der Waals surface area contributed by atoms with Crippen LogP contribution in [-0.2, 0) is 59.0 Å². The molecular formula is C37H45N3O12. The molecule has 0 radical (unpaired) electrons. The van der Waals surface area contributed by atoms with Crippen molar-refractivity contribution in [3.05, 3.63) is 41.5 Å². The molecular weight excluding hydrogens is 678 g/mol. The molecule has 15 heteroatoms. The monoisotopic (exact) mass is 723 g/mol. The molecule has 3 N–H and O–H groups in total. The van der Waals surface area contributed by atoms with Crippen molar-refractivity contribution in [3.63, 3.8) is 0 Å². The van der Waals surface area contributed by atoms with E-state index in [0.29, 0.717) is 11.1 Å². The number of ether oxygens (including phenoxy) is 5. The fraction of sp³-hybridized carbons (Fsp3) is 0.649. The molecule has 4 heterocycles. The molecule has 7 fully saturated rings. The van der Waals surface area contributed by atoms with Gasteiger partial charge in [-0.2, -0.15) is 5.06 Å². The van der Waals surface area contributed by atoms with Crippen LogP contribution in [0, 0.1) is 22.7 Å². The van der Waals surface area contributed by atoms with E-state index >= 15 is 0 Å². The van der Waals surface area contributed by atoms with Gasteiger partial charge in [-0.3, -0.25) is 19.2 Å². The number of rotatable bonds is 13. The maximum absolute atomic E-state index is 14.4. The molecule has 0 aromatic heterocycles. The van der Waals surface area contributed by atoms with Gasteiger partial charge in [0.15, 0.2) is 11.8 Å². The van der Waals surface area contributed by atoms with E-state index in [2.05, 4.69) is 10.6 Å². The van der Waals surface area contributed by atoms with Crippen molar-refractivity contribution in [1.82, 2.24) is 15.7 Å². The average Bonchev–Trinajstić information content (AvgIpc) is 4.06. The summed E-state index contributed by atoms with van der Waals surface area (Å²) < 4.78 is 30.3. The first-order chi connectivity index (χ1) is 25.0. The second-order valence-electron chi connectivity index (χ2n) is 15.7. The van der Waals surface area contributed by atoms with E-state index in [-0.39, 0.29) is 63.4 Å². The molecule has 15 nitrogen and oxygen atoms in total. The number of nitrogens with zero attached hydrogens (tertiary/aromatic N) is 1. The number of aliphatic hydroxyl groups is 1. The number of fused-ring (bicyclic) bond motifs is 4. The van der Waals surface area contributed by atoms with Gasteiger partial charge < -0.3 is 39.4 Å². The van der Waals surface area contributed by atoms with Gasteiger partial charge >= 0.3 is 17.9 Å². The SMILES string of the molecule is CC1(C)COC(=O)[C@@H]1OC(=O)C=Cc1ccccc1CN1O[C@@H]2[C@H]3OC(C4CC4)(C4CC4)O[C@H]3[C@@H]3C[C@]2(C(=O)NCCC(=O)NCCO)[C@@H]1C(=O)O3. The molecule has 7 aliphatic rings. The Morgan fingerprint density at radius 3 is 2.42 bits per heavy atom. The van der Waals surface area contributed by atoms with Gasteiger partial charge in [0.25, 0.3) is 0 Å². The molecule has 7 atom stereocenters. The molecule has 1 aromatic carbocycles. The number of hydroxylamine groups is 2. The highest BCUT2D eigenvalue weighted by molar-refractivity contribution is 5.94. The number of nitrogens with one attached hydrogen (secondary N) is 2. The van der Waals surface area contributed by atoms with Crippen LogP contribution < -0.4 is 10.6 Å². The van der Waals surface area contributed by atoms with Crippen LogP contribution in [0.25, 0.3) is 6.08 Å². The number of carbonyl (C=O) groups is 5. The van der Waals surface area contributed by atoms with Crippen LogP contribution in [0.1, 0.15) is 63.5 Å². The van der Waals surface area contributed by atoms with Gasteiger partial charge in [-0.1, -0.05) is 38.1 Å². The van der Waals surface area contributed by atoms with E-state index < -0.39 is 77.0 Å². The minimum absolute atomic E-state index is 0.00995. The number of carbonyl (C=O) groups excluding carboxylic acids is 5.